The Labute approximate surface area is 63.8 Å². The van der Waals surface area contributed by atoms with Crippen LogP contribution in [0, 0.1) is 0 Å². The lowest BCUT2D eigenvalue weighted by molar-refractivity contribution is -0.195. The summed E-state index contributed by atoms with van der Waals surface area (Å²) in [6.45, 7) is -0.408. The van der Waals surface area contributed by atoms with Crippen molar-refractivity contribution in [3.8, 4) is 0 Å². The molecule has 1 aliphatic heterocycles. The number of aliphatic hydroxyl groups is 4. The Kier molecular flexibility index (Phi) is 2.80. The number of aliphatic hydroxyl groups excluding tert-OH is 4. The fraction of sp³-hybridized carbons (Fsp3) is 1.00. The van der Waals surface area contributed by atoms with E-state index in [9.17, 15) is 0 Å². The van der Waals surface area contributed by atoms with Crippen LogP contribution in [0.2, 0.25) is 0 Å². The fourth-order valence-electron chi connectivity index (χ4n) is 1.03. The van der Waals surface area contributed by atoms with Gasteiger partial charge in [0.1, 0.15) is 24.4 Å². The van der Waals surface area contributed by atoms with Gasteiger partial charge in [0.15, 0.2) is 0 Å². The van der Waals surface area contributed by atoms with Gasteiger partial charge in [0.2, 0.25) is 0 Å². The average molecular weight is 164 g/mol. The molecule has 2 unspecified atom stereocenters. The molecule has 5 heteroatoms. The normalized spacial score (nSPS) is 45.8. The summed E-state index contributed by atoms with van der Waals surface area (Å²) >= 11 is 0. The highest BCUT2D eigenvalue weighted by atomic mass is 16.5. The first-order valence-electron chi connectivity index (χ1n) is 3.43. The third-order valence-corrected chi connectivity index (χ3v) is 1.79. The van der Waals surface area contributed by atoms with E-state index in [4.69, 9.17) is 25.2 Å². The van der Waals surface area contributed by atoms with Crippen LogP contribution in [0.5, 0.6) is 0 Å². The molecule has 1 aliphatic rings. The molecule has 0 aromatic rings. The van der Waals surface area contributed by atoms with E-state index in [1.165, 1.54) is 0 Å². The summed E-state index contributed by atoms with van der Waals surface area (Å²) in [7, 11) is 0. The van der Waals surface area contributed by atoms with Crippen molar-refractivity contribution >= 4 is 0 Å². The van der Waals surface area contributed by atoms with Crippen molar-refractivity contribution in [3.63, 3.8) is 0 Å². The summed E-state index contributed by atoms with van der Waals surface area (Å²) in [5.41, 5.74) is 0. The molecule has 11 heavy (non-hydrogen) atoms. The highest BCUT2D eigenvalue weighted by molar-refractivity contribution is 4.85. The maximum absolute atomic E-state index is 9.11. The first kappa shape index (κ1) is 8.89. The predicted octanol–water partition coefficient (Wildman–Crippen LogP) is -2.54. The zero-order valence-corrected chi connectivity index (χ0v) is 5.92. The topological polar surface area (TPSA) is 90.2 Å². The molecule has 0 aromatic carbocycles. The average Bonchev–Trinajstić information content (AvgIpc) is 2.01. The Morgan fingerprint density at radius 2 is 1.82 bits per heavy atom. The van der Waals surface area contributed by atoms with Crippen LogP contribution >= 0.6 is 0 Å². The molecular weight excluding hydrogens is 152 g/mol. The highest BCUT2D eigenvalue weighted by Gasteiger charge is 2.36. The van der Waals surface area contributed by atoms with Gasteiger partial charge in [-0.2, -0.15) is 0 Å². The Morgan fingerprint density at radius 1 is 1.18 bits per heavy atom. The van der Waals surface area contributed by atoms with Crippen LogP contribution < -0.4 is 0 Å². The van der Waals surface area contributed by atoms with Crippen LogP contribution in [0.25, 0.3) is 0 Å². The summed E-state index contributed by atoms with van der Waals surface area (Å²) in [6.07, 6.45) is -4.27. The van der Waals surface area contributed by atoms with E-state index in [0.717, 1.165) is 0 Å². The zero-order chi connectivity index (χ0) is 8.43. The number of hydrogen-bond acceptors (Lipinski definition) is 5. The van der Waals surface area contributed by atoms with Gasteiger partial charge < -0.3 is 25.2 Å². The van der Waals surface area contributed by atoms with E-state index in [0.29, 0.717) is 0 Å². The Hall–Kier alpha value is -0.200. The van der Waals surface area contributed by atoms with Gasteiger partial charge in [0.25, 0.3) is 0 Å². The van der Waals surface area contributed by atoms with Crippen LogP contribution in [-0.4, -0.2) is 58.1 Å². The maximum atomic E-state index is 9.11. The standard InChI is InChI=1S/C6H12O5/c7-1-4-6(10)5(9)3(8)2-11-4/h3-10H,1-2H2/t3-,4?,5?,6+/m1/s1. The van der Waals surface area contributed by atoms with Gasteiger partial charge in [-0.05, 0) is 0 Å². The van der Waals surface area contributed by atoms with Crippen LogP contribution in [0.15, 0.2) is 0 Å². The molecule has 1 rings (SSSR count). The Morgan fingerprint density at radius 3 is 2.36 bits per heavy atom. The molecular formula is C6H12O5. The van der Waals surface area contributed by atoms with E-state index in [-0.39, 0.29) is 13.2 Å². The number of rotatable bonds is 1. The molecule has 1 saturated heterocycles. The molecule has 5 nitrogen and oxygen atoms in total. The van der Waals surface area contributed by atoms with Gasteiger partial charge in [0, 0.05) is 0 Å². The number of hydrogen-bond donors (Lipinski definition) is 4. The lowest BCUT2D eigenvalue weighted by Crippen LogP contribution is -2.53. The van der Waals surface area contributed by atoms with Crippen LogP contribution in [0.4, 0.5) is 0 Å². The van der Waals surface area contributed by atoms with Gasteiger partial charge >= 0.3 is 0 Å². The van der Waals surface area contributed by atoms with Crippen LogP contribution in [-0.2, 0) is 4.74 Å². The van der Waals surface area contributed by atoms with Crippen molar-refractivity contribution in [2.45, 2.75) is 24.4 Å². The second-order valence-corrected chi connectivity index (χ2v) is 2.60. The third-order valence-electron chi connectivity index (χ3n) is 1.79. The van der Waals surface area contributed by atoms with E-state index in [2.05, 4.69) is 0 Å². The molecule has 0 amide bonds. The smallest absolute Gasteiger partial charge is 0.111 e. The maximum Gasteiger partial charge on any atom is 0.111 e. The minimum Gasteiger partial charge on any atom is -0.394 e. The quantitative estimate of drug-likeness (QED) is 0.343. The molecule has 0 aliphatic carbocycles. The SMILES string of the molecule is OCC1OC[C@@H](O)C(O)[C@H]1O. The summed E-state index contributed by atoms with van der Waals surface area (Å²) in [4.78, 5) is 0. The Bertz CT molecular complexity index is 126. The third kappa shape index (κ3) is 1.69. The minimum absolute atomic E-state index is 0.0521. The summed E-state index contributed by atoms with van der Waals surface area (Å²) in [6, 6.07) is 0. The van der Waals surface area contributed by atoms with E-state index >= 15 is 0 Å². The zero-order valence-electron chi connectivity index (χ0n) is 5.92. The molecule has 0 bridgehead atoms. The van der Waals surface area contributed by atoms with E-state index in [1.54, 1.807) is 0 Å². The fourth-order valence-corrected chi connectivity index (χ4v) is 1.03. The first-order chi connectivity index (χ1) is 5.16. The van der Waals surface area contributed by atoms with Crippen molar-refractivity contribution in [2.75, 3.05) is 13.2 Å². The molecule has 0 spiro atoms. The van der Waals surface area contributed by atoms with Gasteiger partial charge in [-0.15, -0.1) is 0 Å². The monoisotopic (exact) mass is 164 g/mol. The van der Waals surface area contributed by atoms with E-state index in [1.807, 2.05) is 0 Å². The minimum atomic E-state index is -1.22. The van der Waals surface area contributed by atoms with E-state index < -0.39 is 24.4 Å². The number of ether oxygens (including phenoxy) is 1. The molecule has 1 heterocycles. The predicted molar refractivity (Wildman–Crippen MR) is 34.8 cm³/mol. The molecule has 66 valence electrons. The van der Waals surface area contributed by atoms with Crippen molar-refractivity contribution < 1.29 is 25.2 Å². The van der Waals surface area contributed by atoms with Crippen molar-refractivity contribution in [1.82, 2.24) is 0 Å². The lowest BCUT2D eigenvalue weighted by atomic mass is 10.0. The summed E-state index contributed by atoms with van der Waals surface area (Å²) in [5.74, 6) is 0. The van der Waals surface area contributed by atoms with Crippen LogP contribution in [0.3, 0.4) is 0 Å². The second-order valence-electron chi connectivity index (χ2n) is 2.60. The molecule has 4 N–H and O–H groups in total. The van der Waals surface area contributed by atoms with Gasteiger partial charge in [-0.3, -0.25) is 0 Å². The lowest BCUT2D eigenvalue weighted by Gasteiger charge is -2.34. The van der Waals surface area contributed by atoms with Gasteiger partial charge in [-0.1, -0.05) is 0 Å². The molecule has 0 saturated carbocycles. The van der Waals surface area contributed by atoms with Gasteiger partial charge in [0.05, 0.1) is 13.2 Å². The van der Waals surface area contributed by atoms with Crippen LogP contribution in [0.1, 0.15) is 0 Å². The van der Waals surface area contributed by atoms with Crippen molar-refractivity contribution in [3.05, 3.63) is 0 Å². The molecule has 0 aromatic heterocycles. The summed E-state index contributed by atoms with van der Waals surface area (Å²) < 4.78 is 4.81. The largest absolute Gasteiger partial charge is 0.394 e. The second kappa shape index (κ2) is 3.46. The first-order valence-corrected chi connectivity index (χ1v) is 3.43. The Balaban J connectivity index is 2.52. The van der Waals surface area contributed by atoms with Crippen molar-refractivity contribution in [2.24, 2.45) is 0 Å². The highest BCUT2D eigenvalue weighted by Crippen LogP contribution is 2.14. The van der Waals surface area contributed by atoms with Crippen molar-refractivity contribution in [1.29, 1.82) is 0 Å². The van der Waals surface area contributed by atoms with Gasteiger partial charge in [-0.25, -0.2) is 0 Å². The molecule has 4 atom stereocenters. The molecule has 0 radical (unpaired) electrons. The molecule has 1 fully saturated rings. The summed E-state index contributed by atoms with van der Waals surface area (Å²) in [5, 5.41) is 35.7.